The maximum atomic E-state index is 13.7. The number of hydrogen-bond donors (Lipinski definition) is 2. The molecule has 2 N–H and O–H groups in total. The molecule has 1 aromatic heterocycles. The van der Waals surface area contributed by atoms with Gasteiger partial charge in [-0.2, -0.15) is 0 Å². The molecule has 4 rings (SSSR count). The van der Waals surface area contributed by atoms with Crippen LogP contribution in [0.1, 0.15) is 55.3 Å². The number of hydrogen-bond acceptors (Lipinski definition) is 4. The molecule has 1 aromatic carbocycles. The molecule has 30 heavy (non-hydrogen) atoms. The van der Waals surface area contributed by atoms with E-state index in [2.05, 4.69) is 31.3 Å². The zero-order chi connectivity index (χ0) is 21.1. The Labute approximate surface area is 178 Å². The fourth-order valence-electron chi connectivity index (χ4n) is 4.39. The van der Waals surface area contributed by atoms with Crippen molar-refractivity contribution in [2.75, 3.05) is 5.32 Å². The van der Waals surface area contributed by atoms with Crippen molar-refractivity contribution in [3.8, 4) is 0 Å². The van der Waals surface area contributed by atoms with Gasteiger partial charge in [-0.1, -0.05) is 50.3 Å². The van der Waals surface area contributed by atoms with Gasteiger partial charge >= 0.3 is 0 Å². The quantitative estimate of drug-likeness (QED) is 0.627. The summed E-state index contributed by atoms with van der Waals surface area (Å²) in [5, 5.41) is 13.7. The SMILES string of the molecule is CC(C)CC(O)Nc1nc2c(nc1CCc1ccccc1)C1C=CC(F)=CC1CC2. The van der Waals surface area contributed by atoms with Crippen LogP contribution < -0.4 is 5.32 Å². The normalized spacial score (nSPS) is 21.0. The molecule has 1 heterocycles. The molecule has 2 aliphatic carbocycles. The third kappa shape index (κ3) is 4.78. The Morgan fingerprint density at radius 1 is 1.17 bits per heavy atom. The van der Waals surface area contributed by atoms with E-state index in [0.717, 1.165) is 42.8 Å². The van der Waals surface area contributed by atoms with Crippen molar-refractivity contribution in [2.45, 2.75) is 58.1 Å². The first-order valence-corrected chi connectivity index (χ1v) is 10.9. The minimum Gasteiger partial charge on any atom is -0.374 e. The summed E-state index contributed by atoms with van der Waals surface area (Å²) in [6.07, 6.45) is 8.39. The van der Waals surface area contributed by atoms with Gasteiger partial charge in [0.1, 0.15) is 17.9 Å². The largest absolute Gasteiger partial charge is 0.374 e. The predicted octanol–water partition coefficient (Wildman–Crippen LogP) is 5.11. The van der Waals surface area contributed by atoms with Gasteiger partial charge in [0.2, 0.25) is 0 Å². The van der Waals surface area contributed by atoms with Crippen LogP contribution in [0.4, 0.5) is 10.2 Å². The summed E-state index contributed by atoms with van der Waals surface area (Å²) in [6.45, 7) is 4.17. The molecule has 0 aliphatic heterocycles. The lowest BCUT2D eigenvalue weighted by Gasteiger charge is -2.31. The average molecular weight is 408 g/mol. The van der Waals surface area contributed by atoms with E-state index in [9.17, 15) is 9.50 Å². The minimum atomic E-state index is -0.657. The topological polar surface area (TPSA) is 58.0 Å². The molecule has 0 saturated heterocycles. The summed E-state index contributed by atoms with van der Waals surface area (Å²) < 4.78 is 13.7. The van der Waals surface area contributed by atoms with Crippen molar-refractivity contribution < 1.29 is 9.50 Å². The fraction of sp³-hybridized carbons (Fsp3) is 0.440. The van der Waals surface area contributed by atoms with Crippen LogP contribution in [-0.4, -0.2) is 21.3 Å². The lowest BCUT2D eigenvalue weighted by Crippen LogP contribution is -2.27. The Hall–Kier alpha value is -2.53. The standard InChI is InChI=1S/C25H30FN3O/c1-16(2)14-23(30)29-25-22(12-8-17-6-4-3-5-7-17)27-24-20-11-10-19(26)15-18(20)9-13-21(24)28-25/h3-7,10-11,15-16,18,20,23,30H,8-9,12-14H2,1-2H3,(H,28,29). The summed E-state index contributed by atoms with van der Waals surface area (Å²) in [6, 6.07) is 10.3. The van der Waals surface area contributed by atoms with Crippen molar-refractivity contribution in [1.29, 1.82) is 0 Å². The number of rotatable bonds is 7. The van der Waals surface area contributed by atoms with Gasteiger partial charge in [0.05, 0.1) is 17.1 Å². The molecule has 0 radical (unpaired) electrons. The summed E-state index contributed by atoms with van der Waals surface area (Å²) in [7, 11) is 0. The number of fused-ring (bicyclic) bond motifs is 3. The van der Waals surface area contributed by atoms with Crippen molar-refractivity contribution in [3.05, 3.63) is 77.0 Å². The van der Waals surface area contributed by atoms with Crippen molar-refractivity contribution in [2.24, 2.45) is 11.8 Å². The Morgan fingerprint density at radius 2 is 1.97 bits per heavy atom. The van der Waals surface area contributed by atoms with Gasteiger partial charge in [0.25, 0.3) is 0 Å². The third-order valence-corrected chi connectivity index (χ3v) is 5.89. The molecule has 158 valence electrons. The summed E-state index contributed by atoms with van der Waals surface area (Å²) >= 11 is 0. The predicted molar refractivity (Wildman–Crippen MR) is 118 cm³/mol. The Morgan fingerprint density at radius 3 is 2.73 bits per heavy atom. The summed E-state index contributed by atoms with van der Waals surface area (Å²) in [5.74, 6) is 1.11. The van der Waals surface area contributed by atoms with Crippen LogP contribution >= 0.6 is 0 Å². The highest BCUT2D eigenvalue weighted by Crippen LogP contribution is 2.40. The van der Waals surface area contributed by atoms with Crippen LogP contribution in [0.25, 0.3) is 0 Å². The number of aromatic nitrogens is 2. The first-order valence-electron chi connectivity index (χ1n) is 10.9. The van der Waals surface area contributed by atoms with Gasteiger partial charge in [-0.25, -0.2) is 9.37 Å². The first-order chi connectivity index (χ1) is 14.5. The molecule has 3 atom stereocenters. The third-order valence-electron chi connectivity index (χ3n) is 5.89. The van der Waals surface area contributed by atoms with Crippen LogP contribution in [0.3, 0.4) is 0 Å². The number of nitrogens with zero attached hydrogens (tertiary/aromatic N) is 2. The Balaban J connectivity index is 1.64. The van der Waals surface area contributed by atoms with Gasteiger partial charge in [-0.05, 0) is 61.7 Å². The maximum Gasteiger partial charge on any atom is 0.150 e. The van der Waals surface area contributed by atoms with Crippen LogP contribution in [0.15, 0.2) is 54.4 Å². The van der Waals surface area contributed by atoms with E-state index in [4.69, 9.17) is 9.97 Å². The smallest absolute Gasteiger partial charge is 0.150 e. The minimum absolute atomic E-state index is 0.0749. The summed E-state index contributed by atoms with van der Waals surface area (Å²) in [5.41, 5.74) is 4.02. The molecule has 0 spiro atoms. The van der Waals surface area contributed by atoms with Crippen LogP contribution in [0, 0.1) is 11.8 Å². The van der Waals surface area contributed by atoms with Gasteiger partial charge in [0.15, 0.2) is 0 Å². The number of halogens is 1. The molecular formula is C25H30FN3O. The number of aliphatic hydroxyl groups is 1. The van der Waals surface area contributed by atoms with E-state index in [-0.39, 0.29) is 17.7 Å². The second kappa shape index (κ2) is 9.09. The second-order valence-electron chi connectivity index (χ2n) is 8.77. The molecule has 2 aromatic rings. The average Bonchev–Trinajstić information content (AvgIpc) is 2.72. The number of aliphatic hydroxyl groups excluding tert-OH is 1. The molecule has 0 fully saturated rings. The van der Waals surface area contributed by atoms with E-state index in [0.29, 0.717) is 18.2 Å². The molecule has 0 saturated carbocycles. The highest BCUT2D eigenvalue weighted by atomic mass is 19.1. The highest BCUT2D eigenvalue weighted by molar-refractivity contribution is 5.46. The number of nitrogens with one attached hydrogen (secondary N) is 1. The van der Waals surface area contributed by atoms with Crippen LogP contribution in [-0.2, 0) is 19.3 Å². The molecule has 3 unspecified atom stereocenters. The van der Waals surface area contributed by atoms with Gasteiger partial charge < -0.3 is 10.4 Å². The van der Waals surface area contributed by atoms with Gasteiger partial charge in [0, 0.05) is 5.92 Å². The van der Waals surface area contributed by atoms with E-state index in [1.165, 1.54) is 5.56 Å². The second-order valence-corrected chi connectivity index (χ2v) is 8.77. The fourth-order valence-corrected chi connectivity index (χ4v) is 4.39. The monoisotopic (exact) mass is 407 g/mol. The molecule has 0 amide bonds. The van der Waals surface area contributed by atoms with E-state index in [1.807, 2.05) is 24.3 Å². The molecule has 0 bridgehead atoms. The maximum absolute atomic E-state index is 13.7. The Kier molecular flexibility index (Phi) is 6.28. The van der Waals surface area contributed by atoms with Crippen molar-refractivity contribution in [1.82, 2.24) is 9.97 Å². The molecule has 5 heteroatoms. The summed E-state index contributed by atoms with van der Waals surface area (Å²) in [4.78, 5) is 9.93. The van der Waals surface area contributed by atoms with Gasteiger partial charge in [-0.3, -0.25) is 4.98 Å². The van der Waals surface area contributed by atoms with Crippen LogP contribution in [0.5, 0.6) is 0 Å². The lowest BCUT2D eigenvalue weighted by atomic mass is 9.77. The van der Waals surface area contributed by atoms with E-state index >= 15 is 0 Å². The molecule has 4 nitrogen and oxygen atoms in total. The lowest BCUT2D eigenvalue weighted by molar-refractivity contribution is 0.175. The first kappa shape index (κ1) is 20.7. The highest BCUT2D eigenvalue weighted by Gasteiger charge is 2.32. The van der Waals surface area contributed by atoms with Crippen LogP contribution in [0.2, 0.25) is 0 Å². The zero-order valence-electron chi connectivity index (χ0n) is 17.7. The number of benzene rings is 1. The van der Waals surface area contributed by atoms with Crippen molar-refractivity contribution >= 4 is 5.82 Å². The zero-order valence-corrected chi connectivity index (χ0v) is 17.7. The Bertz CT molecular complexity index is 939. The number of anilines is 1. The number of allylic oxidation sites excluding steroid dienone is 4. The van der Waals surface area contributed by atoms with E-state index < -0.39 is 6.23 Å². The number of aryl methyl sites for hydroxylation is 3. The molecular weight excluding hydrogens is 377 g/mol. The molecule has 2 aliphatic rings. The van der Waals surface area contributed by atoms with Crippen molar-refractivity contribution in [3.63, 3.8) is 0 Å². The van der Waals surface area contributed by atoms with Gasteiger partial charge in [-0.15, -0.1) is 0 Å². The van der Waals surface area contributed by atoms with E-state index in [1.54, 1.807) is 12.2 Å².